The Morgan fingerprint density at radius 3 is 2.50 bits per heavy atom. The molecule has 0 aliphatic heterocycles. The summed E-state index contributed by atoms with van der Waals surface area (Å²) in [4.78, 5) is 0. The van der Waals surface area contributed by atoms with Crippen molar-refractivity contribution in [3.63, 3.8) is 0 Å². The van der Waals surface area contributed by atoms with Crippen molar-refractivity contribution >= 4 is 25.7 Å². The predicted octanol–water partition coefficient (Wildman–Crippen LogP) is 1.36. The molecule has 0 radical (unpaired) electrons. The first-order valence-corrected chi connectivity index (χ1v) is 3.83. The van der Waals surface area contributed by atoms with Crippen molar-refractivity contribution < 1.29 is 0 Å². The molecule has 0 heterocycles. The number of nitrogens with zero attached hydrogens (tertiary/aromatic N) is 1. The first-order valence-electron chi connectivity index (χ1n) is 1.31. The number of nitriles is 1. The van der Waals surface area contributed by atoms with Crippen molar-refractivity contribution in [3.8, 4) is 6.07 Å². The van der Waals surface area contributed by atoms with E-state index in [2.05, 4.69) is 0 Å². The summed E-state index contributed by atoms with van der Waals surface area (Å²) in [5.74, 6) is 0. The molecule has 34 valence electrons. The van der Waals surface area contributed by atoms with E-state index in [-0.39, 0.29) is 9.70 Å². The van der Waals surface area contributed by atoms with Gasteiger partial charge in [-0.05, 0) is 6.26 Å². The van der Waals surface area contributed by atoms with E-state index in [1.165, 1.54) is 5.37 Å². The largest absolute Gasteiger partial charge is 0.193 e. The van der Waals surface area contributed by atoms with E-state index in [4.69, 9.17) is 15.9 Å². The van der Waals surface area contributed by atoms with E-state index >= 15 is 0 Å². The quantitative estimate of drug-likeness (QED) is 0.444. The summed E-state index contributed by atoms with van der Waals surface area (Å²) in [6.45, 7) is 0. The Labute approximate surface area is 44.0 Å². The smallest absolute Gasteiger partial charge is 0.0984 e. The second kappa shape index (κ2) is 3.20. The molecule has 0 N–H and O–H groups in total. The molecular formula is C3H4ClNS. The van der Waals surface area contributed by atoms with Crippen LogP contribution in [0.2, 0.25) is 0 Å². The third kappa shape index (κ3) is 4.00. The van der Waals surface area contributed by atoms with Crippen LogP contribution in [0.4, 0.5) is 0 Å². The van der Waals surface area contributed by atoms with Gasteiger partial charge in [-0.15, -0.1) is 0 Å². The van der Waals surface area contributed by atoms with Gasteiger partial charge in [-0.3, -0.25) is 0 Å². The normalized spacial score (nSPS) is 13.5. The van der Waals surface area contributed by atoms with Crippen molar-refractivity contribution in [3.05, 3.63) is 0 Å². The maximum Gasteiger partial charge on any atom is 0.0984 e. The standard InChI is InChI=1S/C3H4ClNS/c1-6(4)3-2-5/h3H,1H3. The maximum atomic E-state index is 7.85. The molecule has 1 atom stereocenters. The van der Waals surface area contributed by atoms with Crippen LogP contribution in [-0.2, 0) is 0 Å². The summed E-state index contributed by atoms with van der Waals surface area (Å²) in [6.07, 6.45) is 1.77. The summed E-state index contributed by atoms with van der Waals surface area (Å²) in [6, 6.07) is 1.82. The highest BCUT2D eigenvalue weighted by Gasteiger charge is 1.66. The molecule has 0 spiro atoms. The van der Waals surface area contributed by atoms with E-state index in [0.717, 1.165) is 0 Å². The predicted molar refractivity (Wildman–Crippen MR) is 31.0 cm³/mol. The second-order valence-corrected chi connectivity index (χ2v) is 3.38. The molecule has 1 nitrogen and oxygen atoms in total. The average molecular weight is 122 g/mol. The molecule has 0 aliphatic rings. The average Bonchev–Trinajstić information content (AvgIpc) is 1.35. The fourth-order valence-corrected chi connectivity index (χ4v) is 0.337. The summed E-state index contributed by atoms with van der Waals surface area (Å²) < 4.78 is 0. The van der Waals surface area contributed by atoms with E-state index in [1.807, 2.05) is 6.07 Å². The van der Waals surface area contributed by atoms with Gasteiger partial charge in [0.1, 0.15) is 0 Å². The fourth-order valence-electron chi connectivity index (χ4n) is 0.0726. The second-order valence-electron chi connectivity index (χ2n) is 0.726. The van der Waals surface area contributed by atoms with Crippen LogP contribution < -0.4 is 0 Å². The fraction of sp³-hybridized carbons (Fsp3) is 0.333. The molecule has 0 saturated heterocycles. The molecule has 3 heteroatoms. The highest BCUT2D eigenvalue weighted by molar-refractivity contribution is 8.33. The summed E-state index contributed by atoms with van der Waals surface area (Å²) in [5.41, 5.74) is 0. The lowest BCUT2D eigenvalue weighted by molar-refractivity contribution is 1.56. The number of hydrogen-bond donors (Lipinski definition) is 0. The Kier molecular flexibility index (Phi) is 3.20. The van der Waals surface area contributed by atoms with E-state index in [0.29, 0.717) is 0 Å². The third-order valence-corrected chi connectivity index (χ3v) is 0.913. The molecule has 0 aromatic carbocycles. The summed E-state index contributed by atoms with van der Waals surface area (Å²) >= 11 is 0. The number of halogens is 1. The molecule has 0 fully saturated rings. The Bertz CT molecular complexity index is 97.9. The topological polar surface area (TPSA) is 23.8 Å². The van der Waals surface area contributed by atoms with Gasteiger partial charge in [0.15, 0.2) is 0 Å². The van der Waals surface area contributed by atoms with E-state index < -0.39 is 0 Å². The van der Waals surface area contributed by atoms with Gasteiger partial charge in [0, 0.05) is 0 Å². The molecule has 1 unspecified atom stereocenters. The van der Waals surface area contributed by atoms with Gasteiger partial charge in [-0.25, -0.2) is 0 Å². The van der Waals surface area contributed by atoms with Crippen molar-refractivity contribution in [1.82, 2.24) is 0 Å². The van der Waals surface area contributed by atoms with Crippen LogP contribution in [-0.4, -0.2) is 11.6 Å². The molecular weight excluding hydrogens is 118 g/mol. The molecule has 0 bridgehead atoms. The lowest BCUT2D eigenvalue weighted by Gasteiger charge is -1.71. The molecule has 0 aromatic heterocycles. The third-order valence-electron chi connectivity index (χ3n) is 0.215. The van der Waals surface area contributed by atoms with Gasteiger partial charge in [-0.2, -0.15) is 5.26 Å². The van der Waals surface area contributed by atoms with E-state index in [9.17, 15) is 0 Å². The van der Waals surface area contributed by atoms with Crippen LogP contribution in [0.5, 0.6) is 0 Å². The van der Waals surface area contributed by atoms with Crippen LogP contribution >= 0.6 is 20.4 Å². The van der Waals surface area contributed by atoms with Crippen LogP contribution in [0.3, 0.4) is 0 Å². The van der Waals surface area contributed by atoms with Gasteiger partial charge < -0.3 is 0 Å². The monoisotopic (exact) mass is 121 g/mol. The first kappa shape index (κ1) is 6.00. The Balaban J connectivity index is 3.51. The maximum absolute atomic E-state index is 7.85. The first-order chi connectivity index (χ1) is 2.77. The van der Waals surface area contributed by atoms with Crippen LogP contribution in [0, 0.1) is 11.3 Å². The lowest BCUT2D eigenvalue weighted by Crippen LogP contribution is -1.54. The van der Waals surface area contributed by atoms with Crippen LogP contribution in [0.25, 0.3) is 0 Å². The molecule has 6 heavy (non-hydrogen) atoms. The van der Waals surface area contributed by atoms with Crippen molar-refractivity contribution in [1.29, 1.82) is 5.26 Å². The molecule has 0 aliphatic carbocycles. The molecule has 0 saturated carbocycles. The molecule has 0 rings (SSSR count). The lowest BCUT2D eigenvalue weighted by atomic mass is 10.9. The Morgan fingerprint density at radius 1 is 2.00 bits per heavy atom. The zero-order valence-electron chi connectivity index (χ0n) is 3.31. The summed E-state index contributed by atoms with van der Waals surface area (Å²) in [5, 5.41) is 9.24. The van der Waals surface area contributed by atoms with Crippen LogP contribution in [0.1, 0.15) is 0 Å². The van der Waals surface area contributed by atoms with Gasteiger partial charge >= 0.3 is 0 Å². The minimum atomic E-state index is -0.329. The van der Waals surface area contributed by atoms with Gasteiger partial charge in [0.2, 0.25) is 0 Å². The zero-order chi connectivity index (χ0) is 4.99. The van der Waals surface area contributed by atoms with Crippen molar-refractivity contribution in [2.24, 2.45) is 0 Å². The van der Waals surface area contributed by atoms with Gasteiger partial charge in [-0.1, -0.05) is 20.4 Å². The Hall–Kier alpha value is -0.0000000000000000555. The highest BCUT2D eigenvalue weighted by atomic mass is 35.7. The molecule has 0 aromatic rings. The Morgan fingerprint density at radius 2 is 2.50 bits per heavy atom. The van der Waals surface area contributed by atoms with Gasteiger partial charge in [0.25, 0.3) is 0 Å². The minimum absolute atomic E-state index is 0.329. The minimum Gasteiger partial charge on any atom is -0.193 e. The number of hydrogen-bond acceptors (Lipinski definition) is 1. The van der Waals surface area contributed by atoms with Crippen LogP contribution in [0.15, 0.2) is 0 Å². The van der Waals surface area contributed by atoms with Crippen molar-refractivity contribution in [2.75, 3.05) is 6.26 Å². The van der Waals surface area contributed by atoms with Crippen molar-refractivity contribution in [2.45, 2.75) is 0 Å². The SMILES string of the molecule is CS(Cl)=CC#N. The summed E-state index contributed by atoms with van der Waals surface area (Å²) in [7, 11) is 5.00. The molecule has 0 amide bonds. The van der Waals surface area contributed by atoms with Gasteiger partial charge in [0.05, 0.1) is 11.4 Å². The van der Waals surface area contributed by atoms with E-state index in [1.54, 1.807) is 6.26 Å². The highest BCUT2D eigenvalue weighted by Crippen LogP contribution is 2.08. The number of rotatable bonds is 0. The zero-order valence-corrected chi connectivity index (χ0v) is 4.88.